The Morgan fingerprint density at radius 2 is 1.90 bits per heavy atom. The smallest absolute Gasteiger partial charge is 0.315 e. The van der Waals surface area contributed by atoms with E-state index in [1.807, 2.05) is 13.8 Å². The molecule has 7 nitrogen and oxygen atoms in total. The van der Waals surface area contributed by atoms with Gasteiger partial charge in [-0.3, -0.25) is 9.69 Å². The molecule has 1 aliphatic rings. The molecule has 3 amide bonds. The van der Waals surface area contributed by atoms with E-state index >= 15 is 0 Å². The lowest BCUT2D eigenvalue weighted by atomic mass is 10.3. The molecule has 1 saturated heterocycles. The van der Waals surface area contributed by atoms with Crippen molar-refractivity contribution in [2.24, 2.45) is 0 Å². The van der Waals surface area contributed by atoms with Gasteiger partial charge in [0.25, 0.3) is 0 Å². The minimum Gasteiger partial charge on any atom is -0.379 e. The van der Waals surface area contributed by atoms with Crippen molar-refractivity contribution in [3.05, 3.63) is 0 Å². The van der Waals surface area contributed by atoms with Crippen LogP contribution in [0.25, 0.3) is 0 Å². The summed E-state index contributed by atoms with van der Waals surface area (Å²) in [4.78, 5) is 27.1. The molecule has 1 rings (SSSR count). The lowest BCUT2D eigenvalue weighted by Gasteiger charge is -2.29. The van der Waals surface area contributed by atoms with Gasteiger partial charge in [-0.05, 0) is 13.8 Å². The Labute approximate surface area is 127 Å². The van der Waals surface area contributed by atoms with Crippen molar-refractivity contribution in [2.75, 3.05) is 52.5 Å². The van der Waals surface area contributed by atoms with Crippen molar-refractivity contribution < 1.29 is 14.3 Å². The van der Waals surface area contributed by atoms with E-state index in [1.54, 1.807) is 11.8 Å². The molecule has 1 aliphatic heterocycles. The molecule has 0 aromatic carbocycles. The second kappa shape index (κ2) is 9.57. The van der Waals surface area contributed by atoms with Crippen molar-refractivity contribution >= 4 is 11.9 Å². The van der Waals surface area contributed by atoms with E-state index in [0.717, 1.165) is 32.8 Å². The molecule has 1 fully saturated rings. The van der Waals surface area contributed by atoms with Gasteiger partial charge in [-0.1, -0.05) is 0 Å². The standard InChI is InChI=1S/C14H28N4O3/c1-12(2)16-14(20)15-4-5-18(13(3)19)7-6-17-8-10-21-11-9-17/h12H,4-11H2,1-3H3,(H2,15,16,20). The van der Waals surface area contributed by atoms with Crippen LogP contribution in [0, 0.1) is 0 Å². The molecule has 0 aromatic rings. The molecule has 1 heterocycles. The van der Waals surface area contributed by atoms with E-state index in [-0.39, 0.29) is 18.0 Å². The SMILES string of the molecule is CC(=O)N(CCNC(=O)NC(C)C)CCN1CCOCC1. The summed E-state index contributed by atoms with van der Waals surface area (Å²) in [6.07, 6.45) is 0. The molecule has 0 aliphatic carbocycles. The lowest BCUT2D eigenvalue weighted by Crippen LogP contribution is -2.46. The van der Waals surface area contributed by atoms with E-state index in [0.29, 0.717) is 19.6 Å². The normalized spacial score (nSPS) is 15.8. The second-order valence-corrected chi connectivity index (χ2v) is 5.52. The van der Waals surface area contributed by atoms with Crippen molar-refractivity contribution in [1.82, 2.24) is 20.4 Å². The maximum absolute atomic E-state index is 11.6. The maximum Gasteiger partial charge on any atom is 0.315 e. The molecule has 0 saturated carbocycles. The molecule has 0 atom stereocenters. The van der Waals surface area contributed by atoms with Gasteiger partial charge in [0.2, 0.25) is 5.91 Å². The quantitative estimate of drug-likeness (QED) is 0.687. The number of ether oxygens (including phenoxy) is 1. The molecule has 2 N–H and O–H groups in total. The molecule has 7 heteroatoms. The zero-order valence-electron chi connectivity index (χ0n) is 13.4. The van der Waals surface area contributed by atoms with Crippen molar-refractivity contribution in [2.45, 2.75) is 26.8 Å². The fourth-order valence-corrected chi connectivity index (χ4v) is 2.13. The molecule has 122 valence electrons. The van der Waals surface area contributed by atoms with Crippen LogP contribution in [0.2, 0.25) is 0 Å². The minimum atomic E-state index is -0.193. The Balaban J connectivity index is 2.23. The highest BCUT2D eigenvalue weighted by Crippen LogP contribution is 1.98. The number of nitrogens with one attached hydrogen (secondary N) is 2. The van der Waals surface area contributed by atoms with Crippen molar-refractivity contribution in [1.29, 1.82) is 0 Å². The predicted molar refractivity (Wildman–Crippen MR) is 81.2 cm³/mol. The van der Waals surface area contributed by atoms with Gasteiger partial charge in [0.1, 0.15) is 0 Å². The Hall–Kier alpha value is -1.34. The number of amides is 3. The van der Waals surface area contributed by atoms with Gasteiger partial charge in [0, 0.05) is 52.2 Å². The molecule has 0 spiro atoms. The van der Waals surface area contributed by atoms with Gasteiger partial charge in [-0.2, -0.15) is 0 Å². The molecule has 0 bridgehead atoms. The molecule has 0 radical (unpaired) electrons. The highest BCUT2D eigenvalue weighted by Gasteiger charge is 2.14. The monoisotopic (exact) mass is 300 g/mol. The zero-order valence-corrected chi connectivity index (χ0v) is 13.4. The largest absolute Gasteiger partial charge is 0.379 e. The van der Waals surface area contributed by atoms with Crippen LogP contribution >= 0.6 is 0 Å². The van der Waals surface area contributed by atoms with Gasteiger partial charge >= 0.3 is 6.03 Å². The summed E-state index contributed by atoms with van der Waals surface area (Å²) < 4.78 is 5.30. The van der Waals surface area contributed by atoms with E-state index < -0.39 is 0 Å². The summed E-state index contributed by atoms with van der Waals surface area (Å²) in [7, 11) is 0. The van der Waals surface area contributed by atoms with Gasteiger partial charge in [0.15, 0.2) is 0 Å². The summed E-state index contributed by atoms with van der Waals surface area (Å²) in [6.45, 7) is 11.3. The lowest BCUT2D eigenvalue weighted by molar-refractivity contribution is -0.129. The van der Waals surface area contributed by atoms with Crippen LogP contribution in [0.4, 0.5) is 4.79 Å². The number of carbonyl (C=O) groups excluding carboxylic acids is 2. The molecule has 0 unspecified atom stereocenters. The first-order valence-corrected chi connectivity index (χ1v) is 7.59. The fraction of sp³-hybridized carbons (Fsp3) is 0.857. The predicted octanol–water partition coefficient (Wildman–Crippen LogP) is -0.125. The van der Waals surface area contributed by atoms with Crippen LogP contribution in [0.3, 0.4) is 0 Å². The highest BCUT2D eigenvalue weighted by molar-refractivity contribution is 5.75. The van der Waals surface area contributed by atoms with Gasteiger partial charge in [-0.25, -0.2) is 4.79 Å². The third-order valence-electron chi connectivity index (χ3n) is 3.32. The topological polar surface area (TPSA) is 73.9 Å². The van der Waals surface area contributed by atoms with E-state index in [4.69, 9.17) is 4.74 Å². The van der Waals surface area contributed by atoms with Crippen molar-refractivity contribution in [3.63, 3.8) is 0 Å². The zero-order chi connectivity index (χ0) is 15.7. The summed E-state index contributed by atoms with van der Waals surface area (Å²) in [5.74, 6) is 0.0364. The Morgan fingerprint density at radius 3 is 2.48 bits per heavy atom. The second-order valence-electron chi connectivity index (χ2n) is 5.52. The summed E-state index contributed by atoms with van der Waals surface area (Å²) in [5.41, 5.74) is 0. The minimum absolute atomic E-state index is 0.0364. The third kappa shape index (κ3) is 7.87. The van der Waals surface area contributed by atoms with Crippen molar-refractivity contribution in [3.8, 4) is 0 Å². The molecular formula is C14H28N4O3. The number of morpholine rings is 1. The average molecular weight is 300 g/mol. The van der Waals surface area contributed by atoms with Gasteiger partial charge in [0.05, 0.1) is 13.2 Å². The van der Waals surface area contributed by atoms with E-state index in [1.165, 1.54) is 0 Å². The Kier molecular flexibility index (Phi) is 8.07. The van der Waals surface area contributed by atoms with Crippen LogP contribution < -0.4 is 10.6 Å². The first-order valence-electron chi connectivity index (χ1n) is 7.59. The van der Waals surface area contributed by atoms with Crippen LogP contribution in [-0.4, -0.2) is 80.3 Å². The van der Waals surface area contributed by atoms with Gasteiger partial charge < -0.3 is 20.3 Å². The maximum atomic E-state index is 11.6. The van der Waals surface area contributed by atoms with Crippen LogP contribution in [-0.2, 0) is 9.53 Å². The summed E-state index contributed by atoms with van der Waals surface area (Å²) in [5, 5.41) is 5.51. The summed E-state index contributed by atoms with van der Waals surface area (Å²) >= 11 is 0. The number of carbonyl (C=O) groups is 2. The molecule has 21 heavy (non-hydrogen) atoms. The third-order valence-corrected chi connectivity index (χ3v) is 3.32. The van der Waals surface area contributed by atoms with Crippen LogP contribution in [0.5, 0.6) is 0 Å². The van der Waals surface area contributed by atoms with E-state index in [2.05, 4.69) is 15.5 Å². The number of hydrogen-bond acceptors (Lipinski definition) is 4. The number of urea groups is 1. The average Bonchev–Trinajstić information content (AvgIpc) is 2.42. The molecular weight excluding hydrogens is 272 g/mol. The van der Waals surface area contributed by atoms with Gasteiger partial charge in [-0.15, -0.1) is 0 Å². The number of hydrogen-bond donors (Lipinski definition) is 2. The van der Waals surface area contributed by atoms with Crippen LogP contribution in [0.15, 0.2) is 0 Å². The van der Waals surface area contributed by atoms with Crippen LogP contribution in [0.1, 0.15) is 20.8 Å². The van der Waals surface area contributed by atoms with E-state index in [9.17, 15) is 9.59 Å². The highest BCUT2D eigenvalue weighted by atomic mass is 16.5. The first kappa shape index (κ1) is 17.7. The first-order chi connectivity index (χ1) is 9.99. The Morgan fingerprint density at radius 1 is 1.24 bits per heavy atom. The summed E-state index contributed by atoms with van der Waals surface area (Å²) in [6, 6.07) is -0.0862. The number of nitrogens with zero attached hydrogens (tertiary/aromatic N) is 2. The Bertz CT molecular complexity index is 330. The molecule has 0 aromatic heterocycles. The number of rotatable bonds is 7. The fourth-order valence-electron chi connectivity index (χ4n) is 2.13.